The molecule has 2 aromatic carbocycles. The molecule has 0 amide bonds. The fourth-order valence-electron chi connectivity index (χ4n) is 1.76. The van der Waals surface area contributed by atoms with Gasteiger partial charge in [0.1, 0.15) is 5.75 Å². The summed E-state index contributed by atoms with van der Waals surface area (Å²) in [5.41, 5.74) is 0. The molecule has 1 aromatic heterocycles. The summed E-state index contributed by atoms with van der Waals surface area (Å²) >= 11 is 0. The van der Waals surface area contributed by atoms with E-state index in [0.717, 1.165) is 16.5 Å². The van der Waals surface area contributed by atoms with E-state index < -0.39 is 0 Å². The lowest BCUT2D eigenvalue weighted by molar-refractivity contribution is 0.468. The Morgan fingerprint density at radius 1 is 0.941 bits per heavy atom. The standard InChI is InChI=1S/C15H10NO/c1-2-8-13-12(6-1)7-5-9-14(13)17-15-10-3-4-11-16-15/h1-3,5-11H. The van der Waals surface area contributed by atoms with Crippen molar-refractivity contribution >= 4 is 10.8 Å². The summed E-state index contributed by atoms with van der Waals surface area (Å²) in [4.78, 5) is 4.10. The van der Waals surface area contributed by atoms with Crippen LogP contribution < -0.4 is 4.74 Å². The van der Waals surface area contributed by atoms with E-state index in [-0.39, 0.29) is 0 Å². The highest BCUT2D eigenvalue weighted by molar-refractivity contribution is 5.88. The third-order valence-electron chi connectivity index (χ3n) is 2.55. The van der Waals surface area contributed by atoms with Crippen molar-refractivity contribution in [3.8, 4) is 11.6 Å². The summed E-state index contributed by atoms with van der Waals surface area (Å²) in [6.45, 7) is 0. The summed E-state index contributed by atoms with van der Waals surface area (Å²) in [6.07, 6.45) is 1.60. The molecule has 0 unspecified atom stereocenters. The van der Waals surface area contributed by atoms with E-state index in [4.69, 9.17) is 4.74 Å². The second kappa shape index (κ2) is 4.26. The Kier molecular flexibility index (Phi) is 2.47. The lowest BCUT2D eigenvalue weighted by Crippen LogP contribution is -1.87. The zero-order chi connectivity index (χ0) is 11.5. The average molecular weight is 220 g/mol. The van der Waals surface area contributed by atoms with Crippen molar-refractivity contribution in [1.29, 1.82) is 0 Å². The van der Waals surface area contributed by atoms with Gasteiger partial charge in [0.25, 0.3) is 0 Å². The first-order valence-electron chi connectivity index (χ1n) is 5.41. The molecular formula is C15H10NO. The number of fused-ring (bicyclic) bond motifs is 1. The lowest BCUT2D eigenvalue weighted by atomic mass is 10.1. The van der Waals surface area contributed by atoms with Gasteiger partial charge in [0.05, 0.1) is 0 Å². The number of pyridine rings is 1. The second-order valence-electron chi connectivity index (χ2n) is 3.68. The van der Waals surface area contributed by atoms with Gasteiger partial charge >= 0.3 is 0 Å². The molecule has 0 aliphatic rings. The fourth-order valence-corrected chi connectivity index (χ4v) is 1.76. The lowest BCUT2D eigenvalue weighted by Gasteiger charge is -2.07. The van der Waals surface area contributed by atoms with Crippen LogP contribution in [0.15, 0.2) is 60.8 Å². The topological polar surface area (TPSA) is 22.1 Å². The summed E-state index contributed by atoms with van der Waals surface area (Å²) in [7, 11) is 0. The number of hydrogen-bond acceptors (Lipinski definition) is 2. The first kappa shape index (κ1) is 9.85. The SMILES string of the molecule is [c]1ccc(Oc2cccc3ccccc23)nc1. The molecule has 0 saturated carbocycles. The first-order valence-corrected chi connectivity index (χ1v) is 5.41. The van der Waals surface area contributed by atoms with Gasteiger partial charge in [-0.25, -0.2) is 4.98 Å². The molecule has 2 heteroatoms. The van der Waals surface area contributed by atoms with Gasteiger partial charge in [-0.2, -0.15) is 0 Å². The van der Waals surface area contributed by atoms with Gasteiger partial charge in [0.15, 0.2) is 0 Å². The summed E-state index contributed by atoms with van der Waals surface area (Å²) in [5, 5.41) is 2.25. The van der Waals surface area contributed by atoms with E-state index in [1.807, 2.05) is 30.3 Å². The predicted molar refractivity (Wildman–Crippen MR) is 67.1 cm³/mol. The van der Waals surface area contributed by atoms with E-state index in [1.54, 1.807) is 18.3 Å². The Balaban J connectivity index is 2.06. The van der Waals surface area contributed by atoms with Crippen LogP contribution in [-0.4, -0.2) is 4.98 Å². The van der Waals surface area contributed by atoms with Crippen LogP contribution in [-0.2, 0) is 0 Å². The molecule has 0 aliphatic carbocycles. The van der Waals surface area contributed by atoms with Crippen LogP contribution in [0.3, 0.4) is 0 Å². The van der Waals surface area contributed by atoms with E-state index in [9.17, 15) is 0 Å². The molecule has 1 heterocycles. The summed E-state index contributed by atoms with van der Waals surface area (Å²) in [5.74, 6) is 1.40. The molecule has 0 saturated heterocycles. The molecule has 0 fully saturated rings. The smallest absolute Gasteiger partial charge is 0.219 e. The number of aromatic nitrogens is 1. The Labute approximate surface area is 99.5 Å². The molecule has 17 heavy (non-hydrogen) atoms. The highest BCUT2D eigenvalue weighted by Gasteiger charge is 2.02. The van der Waals surface area contributed by atoms with Crippen molar-refractivity contribution in [2.45, 2.75) is 0 Å². The minimum Gasteiger partial charge on any atom is -0.438 e. The molecule has 1 radical (unpaired) electrons. The van der Waals surface area contributed by atoms with Gasteiger partial charge in [-0.1, -0.05) is 36.4 Å². The molecule has 0 spiro atoms. The zero-order valence-corrected chi connectivity index (χ0v) is 9.13. The third kappa shape index (κ3) is 1.97. The van der Waals surface area contributed by atoms with Crippen LogP contribution >= 0.6 is 0 Å². The van der Waals surface area contributed by atoms with Crippen molar-refractivity contribution in [2.75, 3.05) is 0 Å². The molecule has 3 rings (SSSR count). The number of nitrogens with zero attached hydrogens (tertiary/aromatic N) is 1. The van der Waals surface area contributed by atoms with Crippen LogP contribution in [0.2, 0.25) is 0 Å². The maximum atomic E-state index is 5.76. The van der Waals surface area contributed by atoms with Crippen LogP contribution in [0.1, 0.15) is 0 Å². The van der Waals surface area contributed by atoms with E-state index in [2.05, 4.69) is 23.2 Å². The molecule has 0 bridgehead atoms. The molecule has 0 aliphatic heterocycles. The Morgan fingerprint density at radius 2 is 1.82 bits per heavy atom. The summed E-state index contributed by atoms with van der Waals surface area (Å²) < 4.78 is 5.76. The molecule has 81 valence electrons. The number of benzene rings is 2. The quantitative estimate of drug-likeness (QED) is 0.654. The van der Waals surface area contributed by atoms with Crippen molar-refractivity contribution in [3.05, 3.63) is 66.9 Å². The van der Waals surface area contributed by atoms with Crippen LogP contribution in [0, 0.1) is 6.07 Å². The Bertz CT molecular complexity index is 629. The van der Waals surface area contributed by atoms with Gasteiger partial charge in [-0.3, -0.25) is 0 Å². The minimum atomic E-state index is 0.583. The van der Waals surface area contributed by atoms with Gasteiger partial charge in [0, 0.05) is 23.7 Å². The van der Waals surface area contributed by atoms with Gasteiger partial charge in [0.2, 0.25) is 5.88 Å². The molecular weight excluding hydrogens is 210 g/mol. The largest absolute Gasteiger partial charge is 0.438 e. The summed E-state index contributed by atoms with van der Waals surface area (Å²) in [6, 6.07) is 20.6. The fraction of sp³-hybridized carbons (Fsp3) is 0. The molecule has 3 aromatic rings. The average Bonchev–Trinajstić information content (AvgIpc) is 2.40. The highest BCUT2D eigenvalue weighted by Crippen LogP contribution is 2.28. The Hall–Kier alpha value is -2.35. The van der Waals surface area contributed by atoms with Gasteiger partial charge in [-0.05, 0) is 17.5 Å². The van der Waals surface area contributed by atoms with E-state index >= 15 is 0 Å². The predicted octanol–water partition coefficient (Wildman–Crippen LogP) is 3.83. The maximum absolute atomic E-state index is 5.76. The molecule has 0 atom stereocenters. The van der Waals surface area contributed by atoms with Crippen LogP contribution in [0.4, 0.5) is 0 Å². The molecule has 0 N–H and O–H groups in total. The van der Waals surface area contributed by atoms with Crippen molar-refractivity contribution < 1.29 is 4.74 Å². The van der Waals surface area contributed by atoms with Crippen molar-refractivity contribution in [3.63, 3.8) is 0 Å². The Morgan fingerprint density at radius 3 is 2.71 bits per heavy atom. The number of ether oxygens (including phenoxy) is 1. The maximum Gasteiger partial charge on any atom is 0.219 e. The monoisotopic (exact) mass is 220 g/mol. The number of hydrogen-bond donors (Lipinski definition) is 0. The van der Waals surface area contributed by atoms with E-state index in [1.165, 1.54) is 0 Å². The normalized spacial score (nSPS) is 10.4. The minimum absolute atomic E-state index is 0.583. The number of rotatable bonds is 2. The highest BCUT2D eigenvalue weighted by atomic mass is 16.5. The van der Waals surface area contributed by atoms with Crippen molar-refractivity contribution in [1.82, 2.24) is 4.98 Å². The first-order chi connectivity index (χ1) is 8.43. The van der Waals surface area contributed by atoms with Crippen molar-refractivity contribution in [2.24, 2.45) is 0 Å². The van der Waals surface area contributed by atoms with E-state index in [0.29, 0.717) is 5.88 Å². The van der Waals surface area contributed by atoms with Crippen LogP contribution in [0.25, 0.3) is 10.8 Å². The van der Waals surface area contributed by atoms with Gasteiger partial charge < -0.3 is 4.74 Å². The third-order valence-corrected chi connectivity index (χ3v) is 2.55. The van der Waals surface area contributed by atoms with Gasteiger partial charge in [-0.15, -0.1) is 0 Å². The van der Waals surface area contributed by atoms with Crippen LogP contribution in [0.5, 0.6) is 11.6 Å². The zero-order valence-electron chi connectivity index (χ0n) is 9.13. The second-order valence-corrected chi connectivity index (χ2v) is 3.68. The molecule has 2 nitrogen and oxygen atoms in total.